The average molecular weight is 421 g/mol. The van der Waals surface area contributed by atoms with Crippen LogP contribution in [-0.2, 0) is 0 Å². The Bertz CT molecular complexity index is 1250. The van der Waals surface area contributed by atoms with Gasteiger partial charge in [-0.3, -0.25) is 4.79 Å². The number of nitrogen functional groups attached to an aromatic ring is 1. The topological polar surface area (TPSA) is 98.2 Å². The molecule has 4 aromatic rings. The highest BCUT2D eigenvalue weighted by Crippen LogP contribution is 2.27. The number of halogens is 1. The molecular formula is C22H21ClN6O. The normalized spacial score (nSPS) is 11.5. The molecule has 0 aliphatic rings. The van der Waals surface area contributed by atoms with Crippen molar-refractivity contribution in [3.8, 4) is 0 Å². The predicted molar refractivity (Wildman–Crippen MR) is 121 cm³/mol. The van der Waals surface area contributed by atoms with Crippen molar-refractivity contribution in [3.63, 3.8) is 0 Å². The van der Waals surface area contributed by atoms with Gasteiger partial charge in [-0.25, -0.2) is 9.97 Å². The number of nitrogens with one attached hydrogen (secondary N) is 1. The second-order valence-corrected chi connectivity index (χ2v) is 7.30. The first-order valence-corrected chi connectivity index (χ1v) is 10.1. The summed E-state index contributed by atoms with van der Waals surface area (Å²) in [5, 5.41) is 8.03. The molecule has 0 fully saturated rings. The summed E-state index contributed by atoms with van der Waals surface area (Å²) in [6.07, 6.45) is 3.50. The number of nitrogens with zero attached hydrogens (tertiary/aromatic N) is 4. The number of amides is 1. The Morgan fingerprint density at radius 1 is 1.17 bits per heavy atom. The Hall–Kier alpha value is -3.45. The van der Waals surface area contributed by atoms with Crippen molar-refractivity contribution in [2.75, 3.05) is 12.3 Å². The van der Waals surface area contributed by atoms with E-state index in [0.29, 0.717) is 33.8 Å². The number of fused-ring (bicyclic) bond motifs is 2. The summed E-state index contributed by atoms with van der Waals surface area (Å²) in [7, 11) is 0. The number of carbonyl (C=O) groups is 1. The van der Waals surface area contributed by atoms with E-state index in [4.69, 9.17) is 17.3 Å². The van der Waals surface area contributed by atoms with E-state index in [1.807, 2.05) is 36.4 Å². The van der Waals surface area contributed by atoms with Crippen LogP contribution < -0.4 is 11.1 Å². The molecule has 1 amide bonds. The van der Waals surface area contributed by atoms with Crippen LogP contribution in [0.25, 0.3) is 22.2 Å². The fraction of sp³-hybridized carbons (Fsp3) is 0.182. The molecule has 0 unspecified atom stereocenters. The molecule has 4 rings (SSSR count). The van der Waals surface area contributed by atoms with Crippen LogP contribution in [0.4, 0.5) is 5.82 Å². The summed E-state index contributed by atoms with van der Waals surface area (Å²) in [5.74, 6) is -0.0875. The molecule has 2 aromatic carbocycles. The largest absolute Gasteiger partial charge is 0.383 e. The zero-order valence-corrected chi connectivity index (χ0v) is 17.2. The van der Waals surface area contributed by atoms with Crippen LogP contribution in [0.2, 0.25) is 5.02 Å². The Morgan fingerprint density at radius 3 is 2.57 bits per heavy atom. The maximum Gasteiger partial charge on any atom is 0.257 e. The zero-order valence-electron chi connectivity index (χ0n) is 16.5. The molecule has 7 nitrogen and oxygen atoms in total. The third-order valence-corrected chi connectivity index (χ3v) is 4.96. The summed E-state index contributed by atoms with van der Waals surface area (Å²) in [6, 6.07) is 14.7. The standard InChI is InChI=1S/C22H21ClN6O/c1-2-3-12-25-22(30)18-19-21(28-17-7-5-4-6-16(17)27-19)29(20(18)24)26-13-14-8-10-15(23)11-9-14/h4-11,13H,2-3,12,24H2,1H3,(H,25,30)/b26-13+. The van der Waals surface area contributed by atoms with Crippen molar-refractivity contribution in [1.82, 2.24) is 20.0 Å². The second kappa shape index (κ2) is 8.51. The SMILES string of the molecule is CCCCNC(=O)c1c(N)n(/N=C/c2ccc(Cl)cc2)c2nc3ccccc3nc12. The van der Waals surface area contributed by atoms with Gasteiger partial charge in [-0.05, 0) is 36.2 Å². The van der Waals surface area contributed by atoms with Gasteiger partial charge >= 0.3 is 0 Å². The maximum atomic E-state index is 12.9. The number of anilines is 1. The van der Waals surface area contributed by atoms with Gasteiger partial charge in [0.1, 0.15) is 16.9 Å². The van der Waals surface area contributed by atoms with E-state index in [9.17, 15) is 4.79 Å². The summed E-state index contributed by atoms with van der Waals surface area (Å²) in [5.41, 5.74) is 9.72. The van der Waals surface area contributed by atoms with Crippen LogP contribution in [0, 0.1) is 0 Å². The Morgan fingerprint density at radius 2 is 1.87 bits per heavy atom. The van der Waals surface area contributed by atoms with Gasteiger partial charge in [-0.1, -0.05) is 49.2 Å². The third-order valence-electron chi connectivity index (χ3n) is 4.71. The summed E-state index contributed by atoms with van der Waals surface area (Å²) in [6.45, 7) is 2.63. The number of hydrogen-bond acceptors (Lipinski definition) is 5. The molecule has 0 saturated carbocycles. The number of nitrogens with two attached hydrogens (primary N) is 1. The van der Waals surface area contributed by atoms with Gasteiger partial charge in [-0.2, -0.15) is 9.78 Å². The Kier molecular flexibility index (Phi) is 5.63. The van der Waals surface area contributed by atoms with Crippen LogP contribution in [-0.4, -0.2) is 33.3 Å². The summed E-state index contributed by atoms with van der Waals surface area (Å²) < 4.78 is 1.46. The van der Waals surface area contributed by atoms with E-state index in [-0.39, 0.29) is 17.3 Å². The fourth-order valence-corrected chi connectivity index (χ4v) is 3.25. The lowest BCUT2D eigenvalue weighted by Gasteiger charge is -2.04. The summed E-state index contributed by atoms with van der Waals surface area (Å²) >= 11 is 5.95. The van der Waals surface area contributed by atoms with E-state index in [2.05, 4.69) is 27.3 Å². The van der Waals surface area contributed by atoms with E-state index < -0.39 is 0 Å². The van der Waals surface area contributed by atoms with Gasteiger partial charge in [0, 0.05) is 11.6 Å². The second-order valence-electron chi connectivity index (χ2n) is 6.86. The lowest BCUT2D eigenvalue weighted by molar-refractivity contribution is 0.0955. The van der Waals surface area contributed by atoms with Crippen molar-refractivity contribution in [3.05, 3.63) is 64.7 Å². The average Bonchev–Trinajstić information content (AvgIpc) is 3.02. The van der Waals surface area contributed by atoms with Crippen LogP contribution >= 0.6 is 11.6 Å². The number of rotatable bonds is 6. The van der Waals surface area contributed by atoms with Gasteiger partial charge in [0.05, 0.1) is 17.2 Å². The first-order valence-electron chi connectivity index (χ1n) is 9.73. The third kappa shape index (κ3) is 3.84. The van der Waals surface area contributed by atoms with Crippen molar-refractivity contribution >= 4 is 51.7 Å². The predicted octanol–water partition coefficient (Wildman–Crippen LogP) is 4.23. The minimum atomic E-state index is -0.282. The molecule has 0 radical (unpaired) electrons. The minimum absolute atomic E-state index is 0.194. The minimum Gasteiger partial charge on any atom is -0.383 e. The molecule has 0 bridgehead atoms. The molecule has 30 heavy (non-hydrogen) atoms. The number of aromatic nitrogens is 3. The van der Waals surface area contributed by atoms with Crippen molar-refractivity contribution in [2.45, 2.75) is 19.8 Å². The lowest BCUT2D eigenvalue weighted by Crippen LogP contribution is -2.25. The quantitative estimate of drug-likeness (QED) is 0.360. The number of hydrogen-bond donors (Lipinski definition) is 2. The fourth-order valence-electron chi connectivity index (χ4n) is 3.13. The molecule has 2 heterocycles. The molecule has 3 N–H and O–H groups in total. The smallest absolute Gasteiger partial charge is 0.257 e. The van der Waals surface area contributed by atoms with Gasteiger partial charge in [0.2, 0.25) is 0 Å². The molecular weight excluding hydrogens is 400 g/mol. The summed E-state index contributed by atoms with van der Waals surface area (Å²) in [4.78, 5) is 22.2. The molecule has 152 valence electrons. The van der Waals surface area contributed by atoms with Crippen molar-refractivity contribution < 1.29 is 4.79 Å². The van der Waals surface area contributed by atoms with Gasteiger partial charge in [-0.15, -0.1) is 0 Å². The zero-order chi connectivity index (χ0) is 21.1. The lowest BCUT2D eigenvalue weighted by atomic mass is 10.2. The van der Waals surface area contributed by atoms with Crippen LogP contribution in [0.5, 0.6) is 0 Å². The first-order chi connectivity index (χ1) is 14.6. The van der Waals surface area contributed by atoms with Crippen LogP contribution in [0.3, 0.4) is 0 Å². The van der Waals surface area contributed by atoms with Crippen molar-refractivity contribution in [1.29, 1.82) is 0 Å². The van der Waals surface area contributed by atoms with E-state index >= 15 is 0 Å². The Balaban J connectivity index is 1.85. The molecule has 0 saturated heterocycles. The highest BCUT2D eigenvalue weighted by molar-refractivity contribution is 6.30. The number of carbonyl (C=O) groups excluding carboxylic acids is 1. The molecule has 0 spiro atoms. The molecule has 0 aliphatic carbocycles. The van der Waals surface area contributed by atoms with Gasteiger partial charge < -0.3 is 11.1 Å². The van der Waals surface area contributed by atoms with Crippen LogP contribution in [0.15, 0.2) is 53.6 Å². The molecule has 0 aliphatic heterocycles. The molecule has 8 heteroatoms. The van der Waals surface area contributed by atoms with Crippen LogP contribution in [0.1, 0.15) is 35.7 Å². The van der Waals surface area contributed by atoms with E-state index in [1.54, 1.807) is 18.3 Å². The molecule has 2 aromatic heterocycles. The number of benzene rings is 2. The highest BCUT2D eigenvalue weighted by Gasteiger charge is 2.23. The molecule has 0 atom stereocenters. The maximum absolute atomic E-state index is 12.9. The van der Waals surface area contributed by atoms with Crippen molar-refractivity contribution in [2.24, 2.45) is 5.10 Å². The first kappa shape index (κ1) is 19.8. The number of para-hydroxylation sites is 2. The van der Waals surface area contributed by atoms with E-state index in [0.717, 1.165) is 18.4 Å². The Labute approximate surface area is 178 Å². The van der Waals surface area contributed by atoms with Gasteiger partial charge in [0.25, 0.3) is 5.91 Å². The number of unbranched alkanes of at least 4 members (excludes halogenated alkanes) is 1. The van der Waals surface area contributed by atoms with E-state index in [1.165, 1.54) is 4.68 Å². The highest BCUT2D eigenvalue weighted by atomic mass is 35.5. The monoisotopic (exact) mass is 420 g/mol. The van der Waals surface area contributed by atoms with Gasteiger partial charge in [0.15, 0.2) is 5.65 Å².